The molecule has 26 heavy (non-hydrogen) atoms. The molecule has 0 aromatic rings. The second-order valence-electron chi connectivity index (χ2n) is 5.08. The molecular formula is C11H7F15. The molecule has 0 heterocycles. The molecular weight excluding hydrogens is 417 g/mol. The lowest BCUT2D eigenvalue weighted by Gasteiger charge is -2.36. The van der Waals surface area contributed by atoms with E-state index in [1.807, 2.05) is 0 Å². The highest BCUT2D eigenvalue weighted by Crippen LogP contribution is 2.54. The molecule has 0 aliphatic carbocycles. The fraction of sp³-hybridized carbons (Fsp3) is 0.818. The summed E-state index contributed by atoms with van der Waals surface area (Å²) in [6.07, 6.45) is -35.3. The van der Waals surface area contributed by atoms with Gasteiger partial charge in [0, 0.05) is 12.8 Å². The molecule has 0 aliphatic rings. The third kappa shape index (κ3) is 4.69. The highest BCUT2D eigenvalue weighted by Gasteiger charge is 2.75. The van der Waals surface area contributed by atoms with Crippen molar-refractivity contribution in [3.63, 3.8) is 0 Å². The van der Waals surface area contributed by atoms with E-state index in [2.05, 4.69) is 0 Å². The van der Waals surface area contributed by atoms with E-state index >= 15 is 0 Å². The molecule has 0 radical (unpaired) electrons. The van der Waals surface area contributed by atoms with Crippen molar-refractivity contribution in [2.45, 2.75) is 48.9 Å². The molecule has 0 aliphatic heterocycles. The summed E-state index contributed by atoms with van der Waals surface area (Å²) in [5, 5.41) is 0. The van der Waals surface area contributed by atoms with Crippen LogP contribution < -0.4 is 0 Å². The average molecular weight is 424 g/mol. The number of hydrogen-bond donors (Lipinski definition) is 0. The van der Waals surface area contributed by atoms with Gasteiger partial charge in [0.25, 0.3) is 11.3 Å². The predicted octanol–water partition coefficient (Wildman–Crippen LogP) is 6.53. The summed E-state index contributed by atoms with van der Waals surface area (Å²) < 4.78 is 187. The Hall–Kier alpha value is -1.31. The first kappa shape index (κ1) is 24.7. The van der Waals surface area contributed by atoms with Crippen LogP contribution in [0.2, 0.25) is 0 Å². The van der Waals surface area contributed by atoms with Crippen LogP contribution in [0.1, 0.15) is 12.8 Å². The second kappa shape index (κ2) is 7.02. The molecule has 0 unspecified atom stereocenters. The molecule has 0 bridgehead atoms. The van der Waals surface area contributed by atoms with Gasteiger partial charge in [-0.3, -0.25) is 0 Å². The van der Waals surface area contributed by atoms with Crippen LogP contribution in [-0.4, -0.2) is 36.0 Å². The Morgan fingerprint density at radius 2 is 0.731 bits per heavy atom. The van der Waals surface area contributed by atoms with Gasteiger partial charge in [0.15, 0.2) is 0 Å². The lowest BCUT2D eigenvalue weighted by atomic mass is 9.82. The molecule has 0 spiro atoms. The van der Waals surface area contributed by atoms with Crippen molar-refractivity contribution >= 4 is 0 Å². The van der Waals surface area contributed by atoms with Crippen LogP contribution >= 0.6 is 0 Å². The van der Waals surface area contributed by atoms with E-state index < -0.39 is 67.2 Å². The van der Waals surface area contributed by atoms with Crippen molar-refractivity contribution in [2.75, 3.05) is 0 Å². The van der Waals surface area contributed by atoms with E-state index in [9.17, 15) is 65.9 Å². The highest BCUT2D eigenvalue weighted by atomic mass is 19.4. The van der Waals surface area contributed by atoms with Crippen LogP contribution in [0.5, 0.6) is 0 Å². The molecule has 0 saturated carbocycles. The molecule has 0 rings (SSSR count). The van der Waals surface area contributed by atoms with Gasteiger partial charge in [0.1, 0.15) is 0 Å². The molecule has 156 valence electrons. The van der Waals surface area contributed by atoms with E-state index in [-0.39, 0.29) is 0 Å². The van der Waals surface area contributed by atoms with E-state index in [0.29, 0.717) is 0 Å². The van der Waals surface area contributed by atoms with Gasteiger partial charge in [-0.1, -0.05) is 6.08 Å². The van der Waals surface area contributed by atoms with Gasteiger partial charge < -0.3 is 0 Å². The predicted molar refractivity (Wildman–Crippen MR) is 54.9 cm³/mol. The van der Waals surface area contributed by atoms with E-state index in [4.69, 9.17) is 0 Å². The quantitative estimate of drug-likeness (QED) is 0.441. The third-order valence-electron chi connectivity index (χ3n) is 3.23. The molecule has 0 nitrogen and oxygen atoms in total. The minimum absolute atomic E-state index is 0.655. The SMILES string of the molecule is FC=CC(CC(F)(C(F)(F)F)C(F)(F)F)CC(F)(C(F)(F)F)C(F)(F)F. The van der Waals surface area contributed by atoms with Gasteiger partial charge in [-0.05, 0) is 5.92 Å². The Labute approximate surface area is 134 Å². The Balaban J connectivity index is 6.10. The molecule has 0 atom stereocenters. The van der Waals surface area contributed by atoms with E-state index in [1.54, 1.807) is 0 Å². The number of halogens is 15. The van der Waals surface area contributed by atoms with Crippen molar-refractivity contribution in [1.29, 1.82) is 0 Å². The Morgan fingerprint density at radius 3 is 0.885 bits per heavy atom. The maximum Gasteiger partial charge on any atom is 0.431 e. The summed E-state index contributed by atoms with van der Waals surface area (Å²) in [7, 11) is 0. The number of allylic oxidation sites excluding steroid dienone is 1. The first-order valence-electron chi connectivity index (χ1n) is 6.05. The zero-order valence-electron chi connectivity index (χ0n) is 11.8. The van der Waals surface area contributed by atoms with Gasteiger partial charge in [-0.15, -0.1) is 0 Å². The van der Waals surface area contributed by atoms with E-state index in [0.717, 1.165) is 0 Å². The van der Waals surface area contributed by atoms with Crippen LogP contribution in [0, 0.1) is 5.92 Å². The summed E-state index contributed by atoms with van der Waals surface area (Å²) >= 11 is 0. The first-order chi connectivity index (χ1) is 11.1. The number of rotatable bonds is 5. The highest BCUT2D eigenvalue weighted by molar-refractivity contribution is 5.04. The molecule has 0 aromatic carbocycles. The van der Waals surface area contributed by atoms with Crippen molar-refractivity contribution in [2.24, 2.45) is 5.92 Å². The van der Waals surface area contributed by atoms with Gasteiger partial charge in [-0.25, -0.2) is 13.2 Å². The van der Waals surface area contributed by atoms with Crippen molar-refractivity contribution < 1.29 is 65.9 Å². The summed E-state index contributed by atoms with van der Waals surface area (Å²) in [6.45, 7) is 0. The van der Waals surface area contributed by atoms with Gasteiger partial charge in [-0.2, -0.15) is 52.7 Å². The molecule has 0 amide bonds. The standard InChI is InChI=1S/C11H7F15/c12-2-1-5(3-6(13,8(15,16)17)9(18,19)20)4-7(14,10(21,22)23)11(24,25)26/h1-2,5H,3-4H2. The fourth-order valence-corrected chi connectivity index (χ4v) is 1.82. The van der Waals surface area contributed by atoms with Gasteiger partial charge in [0.05, 0.1) is 6.33 Å². The largest absolute Gasteiger partial charge is 0.431 e. The molecule has 15 heteroatoms. The van der Waals surface area contributed by atoms with E-state index in [1.165, 1.54) is 0 Å². The van der Waals surface area contributed by atoms with Crippen LogP contribution in [0.4, 0.5) is 65.9 Å². The zero-order valence-corrected chi connectivity index (χ0v) is 11.8. The van der Waals surface area contributed by atoms with Crippen molar-refractivity contribution in [1.82, 2.24) is 0 Å². The molecule has 0 saturated heterocycles. The molecule has 0 aromatic heterocycles. The summed E-state index contributed by atoms with van der Waals surface area (Å²) in [5.41, 5.74) is -12.6. The summed E-state index contributed by atoms with van der Waals surface area (Å²) in [5.74, 6) is -3.40. The lowest BCUT2D eigenvalue weighted by molar-refractivity contribution is -0.355. The van der Waals surface area contributed by atoms with Crippen LogP contribution in [-0.2, 0) is 0 Å². The smallest absolute Gasteiger partial charge is 0.224 e. The zero-order chi connectivity index (χ0) is 21.4. The summed E-state index contributed by atoms with van der Waals surface area (Å²) in [4.78, 5) is 0. The average Bonchev–Trinajstić information content (AvgIpc) is 2.33. The Kier molecular flexibility index (Phi) is 6.66. The summed E-state index contributed by atoms with van der Waals surface area (Å²) in [6, 6.07) is 0. The van der Waals surface area contributed by atoms with Crippen LogP contribution in [0.25, 0.3) is 0 Å². The fourth-order valence-electron chi connectivity index (χ4n) is 1.82. The van der Waals surface area contributed by atoms with Crippen molar-refractivity contribution in [3.05, 3.63) is 12.4 Å². The van der Waals surface area contributed by atoms with Crippen molar-refractivity contribution in [3.8, 4) is 0 Å². The molecule has 0 fully saturated rings. The number of hydrogen-bond acceptors (Lipinski definition) is 0. The van der Waals surface area contributed by atoms with Gasteiger partial charge in [0.2, 0.25) is 0 Å². The molecule has 0 N–H and O–H groups in total. The lowest BCUT2D eigenvalue weighted by Crippen LogP contribution is -2.57. The Morgan fingerprint density at radius 1 is 0.500 bits per heavy atom. The van der Waals surface area contributed by atoms with Crippen LogP contribution in [0.15, 0.2) is 12.4 Å². The third-order valence-corrected chi connectivity index (χ3v) is 3.23. The van der Waals surface area contributed by atoms with Gasteiger partial charge >= 0.3 is 24.7 Å². The normalized spacial score (nSPS) is 16.0. The second-order valence-corrected chi connectivity index (χ2v) is 5.08. The maximum atomic E-state index is 13.5. The number of alkyl halides is 14. The van der Waals surface area contributed by atoms with Crippen LogP contribution in [0.3, 0.4) is 0 Å². The minimum Gasteiger partial charge on any atom is -0.224 e. The minimum atomic E-state index is -6.83. The topological polar surface area (TPSA) is 0 Å². The maximum absolute atomic E-state index is 13.5. The first-order valence-corrected chi connectivity index (χ1v) is 6.05. The monoisotopic (exact) mass is 424 g/mol. The Bertz CT molecular complexity index is 420.